The Balaban J connectivity index is 1.98. The number of aryl methyl sites for hydroxylation is 1. The third-order valence-corrected chi connectivity index (χ3v) is 4.96. The van der Waals surface area contributed by atoms with Gasteiger partial charge < -0.3 is 4.90 Å². The molecule has 6 nitrogen and oxygen atoms in total. The molecule has 1 aliphatic rings. The van der Waals surface area contributed by atoms with Crippen LogP contribution in [0.1, 0.15) is 30.0 Å². The number of carbonyl (C=O) groups is 3. The van der Waals surface area contributed by atoms with Crippen molar-refractivity contribution in [3.8, 4) is 0 Å². The fourth-order valence-corrected chi connectivity index (χ4v) is 3.32. The number of nitrogens with zero attached hydrogens (tertiary/aromatic N) is 1. The van der Waals surface area contributed by atoms with Crippen molar-refractivity contribution in [1.29, 1.82) is 0 Å². The number of hydrogen-bond acceptors (Lipinski definition) is 3. The molecule has 0 radical (unpaired) electrons. The van der Waals surface area contributed by atoms with E-state index in [1.165, 1.54) is 17.9 Å². The van der Waals surface area contributed by atoms with E-state index in [1.54, 1.807) is 43.3 Å². The van der Waals surface area contributed by atoms with Crippen molar-refractivity contribution in [2.45, 2.75) is 26.8 Å². The molecule has 0 aliphatic carbocycles. The fraction of sp³-hybridized carbons (Fsp3) is 0.190. The highest BCUT2D eigenvalue weighted by Gasteiger charge is 2.30. The van der Waals surface area contributed by atoms with E-state index >= 15 is 0 Å². The third kappa shape index (κ3) is 4.46. The Kier molecular flexibility index (Phi) is 5.98. The first-order valence-electron chi connectivity index (χ1n) is 8.88. The minimum absolute atomic E-state index is 0.0375. The van der Waals surface area contributed by atoms with Crippen LogP contribution in [0.5, 0.6) is 0 Å². The summed E-state index contributed by atoms with van der Waals surface area (Å²) in [6, 6.07) is 11.7. The van der Waals surface area contributed by atoms with Gasteiger partial charge in [-0.3, -0.25) is 25.2 Å². The Hall–Kier alpha value is -3.19. The number of anilines is 1. The Labute approximate surface area is 172 Å². The van der Waals surface area contributed by atoms with Crippen LogP contribution in [0.2, 0.25) is 0 Å². The van der Waals surface area contributed by atoms with Gasteiger partial charge in [0.2, 0.25) is 11.8 Å². The molecule has 0 saturated carbocycles. The topological polar surface area (TPSA) is 78.5 Å². The molecule has 1 heterocycles. The second kappa shape index (κ2) is 8.45. The van der Waals surface area contributed by atoms with Crippen LogP contribution in [-0.4, -0.2) is 17.7 Å². The monoisotopic (exact) mass is 415 g/mol. The Bertz CT molecular complexity index is 1040. The molecule has 29 heavy (non-hydrogen) atoms. The summed E-state index contributed by atoms with van der Waals surface area (Å²) in [4.78, 5) is 38.0. The normalized spacial score (nSPS) is 13.7. The average molecular weight is 416 g/mol. The van der Waals surface area contributed by atoms with Gasteiger partial charge in [-0.2, -0.15) is 0 Å². The minimum atomic E-state index is -0.670. The maximum absolute atomic E-state index is 14.0. The lowest BCUT2D eigenvalue weighted by molar-refractivity contribution is -0.126. The SMILES string of the molecule is CC(=O)NNC(=O)C1=C(Cl)c2ccccc2N(Cc2ccc(C)c(F)c2)C(=O)C1. The molecule has 3 rings (SSSR count). The van der Waals surface area contributed by atoms with Gasteiger partial charge in [0, 0.05) is 18.1 Å². The number of fused-ring (bicyclic) bond motifs is 1. The molecular formula is C21H19ClFN3O3. The number of hydrogen-bond donors (Lipinski definition) is 2. The molecule has 0 saturated heterocycles. The van der Waals surface area contributed by atoms with Gasteiger partial charge in [0.15, 0.2) is 0 Å². The van der Waals surface area contributed by atoms with Gasteiger partial charge >= 0.3 is 0 Å². The number of benzene rings is 2. The summed E-state index contributed by atoms with van der Waals surface area (Å²) in [6.45, 7) is 3.03. The van der Waals surface area contributed by atoms with E-state index in [0.717, 1.165) is 0 Å². The molecular weight excluding hydrogens is 397 g/mol. The van der Waals surface area contributed by atoms with Gasteiger partial charge in [-0.15, -0.1) is 0 Å². The van der Waals surface area contributed by atoms with Crippen molar-refractivity contribution in [2.24, 2.45) is 0 Å². The van der Waals surface area contributed by atoms with Crippen molar-refractivity contribution in [3.05, 3.63) is 70.5 Å². The molecule has 2 aromatic rings. The zero-order valence-corrected chi connectivity index (χ0v) is 16.6. The van der Waals surface area contributed by atoms with Crippen molar-refractivity contribution in [2.75, 3.05) is 4.90 Å². The second-order valence-corrected chi connectivity index (χ2v) is 7.06. The number of nitrogens with one attached hydrogen (secondary N) is 2. The van der Waals surface area contributed by atoms with Crippen LogP contribution in [0.3, 0.4) is 0 Å². The summed E-state index contributed by atoms with van der Waals surface area (Å²) in [7, 11) is 0. The highest BCUT2D eigenvalue weighted by atomic mass is 35.5. The number of hydrazine groups is 1. The quantitative estimate of drug-likeness (QED) is 0.756. The van der Waals surface area contributed by atoms with E-state index in [2.05, 4.69) is 10.9 Å². The summed E-state index contributed by atoms with van der Waals surface area (Å²) in [6.07, 6.45) is -0.271. The second-order valence-electron chi connectivity index (χ2n) is 6.69. The maximum Gasteiger partial charge on any atom is 0.267 e. The van der Waals surface area contributed by atoms with Crippen LogP contribution < -0.4 is 15.8 Å². The summed E-state index contributed by atoms with van der Waals surface area (Å²) in [5.41, 5.74) is 6.60. The summed E-state index contributed by atoms with van der Waals surface area (Å²) in [5, 5.41) is 0.120. The van der Waals surface area contributed by atoms with E-state index in [1.807, 2.05) is 0 Å². The van der Waals surface area contributed by atoms with Crippen LogP contribution >= 0.6 is 11.6 Å². The number of para-hydroxylation sites is 1. The van der Waals surface area contributed by atoms with Crippen LogP contribution in [0.4, 0.5) is 10.1 Å². The van der Waals surface area contributed by atoms with Crippen molar-refractivity contribution in [3.63, 3.8) is 0 Å². The van der Waals surface area contributed by atoms with Crippen LogP contribution in [-0.2, 0) is 20.9 Å². The van der Waals surface area contributed by atoms with Crippen LogP contribution in [0.25, 0.3) is 5.03 Å². The number of carbonyl (C=O) groups excluding carboxylic acids is 3. The smallest absolute Gasteiger partial charge is 0.267 e. The highest BCUT2D eigenvalue weighted by Crippen LogP contribution is 2.37. The third-order valence-electron chi connectivity index (χ3n) is 4.53. The number of rotatable bonds is 3. The van der Waals surface area contributed by atoms with E-state index in [4.69, 9.17) is 11.6 Å². The Morgan fingerprint density at radius 1 is 1.17 bits per heavy atom. The molecule has 3 amide bonds. The molecule has 0 aromatic heterocycles. The van der Waals surface area contributed by atoms with E-state index < -0.39 is 11.8 Å². The molecule has 150 valence electrons. The largest absolute Gasteiger partial charge is 0.307 e. The molecule has 1 aliphatic heterocycles. The Morgan fingerprint density at radius 3 is 2.59 bits per heavy atom. The maximum atomic E-state index is 14.0. The van der Waals surface area contributed by atoms with Crippen molar-refractivity contribution < 1.29 is 18.8 Å². The first-order valence-corrected chi connectivity index (χ1v) is 9.26. The number of amides is 3. The molecule has 0 fully saturated rings. The molecule has 2 N–H and O–H groups in total. The van der Waals surface area contributed by atoms with E-state index in [-0.39, 0.29) is 35.3 Å². The number of halogens is 2. The van der Waals surface area contributed by atoms with E-state index in [9.17, 15) is 18.8 Å². The lowest BCUT2D eigenvalue weighted by Crippen LogP contribution is -2.41. The minimum Gasteiger partial charge on any atom is -0.307 e. The van der Waals surface area contributed by atoms with Crippen LogP contribution in [0, 0.1) is 12.7 Å². The predicted octanol–water partition coefficient (Wildman–Crippen LogP) is 3.19. The van der Waals surface area contributed by atoms with Gasteiger partial charge in [0.1, 0.15) is 5.82 Å². The summed E-state index contributed by atoms with van der Waals surface area (Å²) >= 11 is 6.47. The predicted molar refractivity (Wildman–Crippen MR) is 108 cm³/mol. The van der Waals surface area contributed by atoms with Gasteiger partial charge in [-0.1, -0.05) is 41.9 Å². The Morgan fingerprint density at radius 2 is 1.90 bits per heavy atom. The molecule has 0 atom stereocenters. The zero-order chi connectivity index (χ0) is 21.1. The first-order chi connectivity index (χ1) is 13.8. The summed E-state index contributed by atoms with van der Waals surface area (Å²) < 4.78 is 14.0. The highest BCUT2D eigenvalue weighted by molar-refractivity contribution is 6.52. The molecule has 0 bridgehead atoms. The lowest BCUT2D eigenvalue weighted by atomic mass is 10.1. The lowest BCUT2D eigenvalue weighted by Gasteiger charge is -2.23. The van der Waals surface area contributed by atoms with Crippen molar-refractivity contribution >= 4 is 40.0 Å². The fourth-order valence-electron chi connectivity index (χ4n) is 3.01. The molecule has 0 unspecified atom stereocenters. The zero-order valence-electron chi connectivity index (χ0n) is 15.9. The molecule has 2 aromatic carbocycles. The van der Waals surface area contributed by atoms with E-state index in [0.29, 0.717) is 22.4 Å². The van der Waals surface area contributed by atoms with Gasteiger partial charge in [0.05, 0.1) is 23.7 Å². The standard InChI is InChI=1S/C21H19ClFN3O3/c1-12-7-8-14(9-17(12)23)11-26-18-6-4-3-5-15(18)20(22)16(10-19(26)28)21(29)25-24-13(2)27/h3-9H,10-11H2,1-2H3,(H,24,27)(H,25,29). The van der Waals surface area contributed by atoms with Crippen LogP contribution in [0.15, 0.2) is 48.0 Å². The van der Waals surface area contributed by atoms with Crippen molar-refractivity contribution in [1.82, 2.24) is 10.9 Å². The first kappa shape index (κ1) is 20.5. The van der Waals surface area contributed by atoms with Gasteiger partial charge in [-0.25, -0.2) is 4.39 Å². The summed E-state index contributed by atoms with van der Waals surface area (Å²) in [5.74, 6) is -1.86. The molecule has 8 heteroatoms. The average Bonchev–Trinajstić information content (AvgIpc) is 2.79. The molecule has 0 spiro atoms. The van der Waals surface area contributed by atoms with Gasteiger partial charge in [-0.05, 0) is 30.2 Å². The van der Waals surface area contributed by atoms with Gasteiger partial charge in [0.25, 0.3) is 5.91 Å².